The van der Waals surface area contributed by atoms with Crippen LogP contribution in [0.3, 0.4) is 0 Å². The van der Waals surface area contributed by atoms with Crippen molar-refractivity contribution in [2.45, 2.75) is 25.7 Å². The molecule has 1 aromatic heterocycles. The molecule has 0 aromatic carbocycles. The summed E-state index contributed by atoms with van der Waals surface area (Å²) in [7, 11) is 1.93. The third-order valence-corrected chi connectivity index (χ3v) is 3.06. The van der Waals surface area contributed by atoms with Gasteiger partial charge in [0.05, 0.1) is 5.41 Å². The van der Waals surface area contributed by atoms with Crippen molar-refractivity contribution in [2.24, 2.45) is 12.5 Å². The van der Waals surface area contributed by atoms with Crippen molar-refractivity contribution < 1.29 is 9.90 Å². The van der Waals surface area contributed by atoms with Crippen LogP contribution in [0.4, 0.5) is 0 Å². The maximum absolute atomic E-state index is 10.9. The highest BCUT2D eigenvalue weighted by Crippen LogP contribution is 2.49. The van der Waals surface area contributed by atoms with Gasteiger partial charge in [0.2, 0.25) is 0 Å². The van der Waals surface area contributed by atoms with E-state index < -0.39 is 11.4 Å². The molecule has 1 N–H and O–H groups in total. The van der Waals surface area contributed by atoms with Gasteiger partial charge in [0.15, 0.2) is 0 Å². The lowest BCUT2D eigenvalue weighted by atomic mass is 10.0. The number of hydrogen-bond donors (Lipinski definition) is 1. The Kier molecular flexibility index (Phi) is 2.06. The maximum Gasteiger partial charge on any atom is 0.309 e. The van der Waals surface area contributed by atoms with Gasteiger partial charge < -0.3 is 9.67 Å². The number of carbonyl (C=O) groups is 1. The lowest BCUT2D eigenvalue weighted by molar-refractivity contribution is -0.143. The van der Waals surface area contributed by atoms with E-state index in [9.17, 15) is 4.79 Å². The summed E-state index contributed by atoms with van der Waals surface area (Å²) in [4.78, 5) is 15.1. The zero-order chi connectivity index (χ0) is 10.2. The Labute approximate surface area is 82.6 Å². The van der Waals surface area contributed by atoms with E-state index in [2.05, 4.69) is 4.98 Å². The molecule has 1 fully saturated rings. The molecule has 0 atom stereocenters. The zero-order valence-corrected chi connectivity index (χ0v) is 8.23. The van der Waals surface area contributed by atoms with Crippen LogP contribution in [0.1, 0.15) is 25.1 Å². The van der Waals surface area contributed by atoms with E-state index in [1.54, 1.807) is 6.20 Å². The molecule has 4 heteroatoms. The van der Waals surface area contributed by atoms with Crippen molar-refractivity contribution in [3.8, 4) is 0 Å². The van der Waals surface area contributed by atoms with Crippen LogP contribution in [0.15, 0.2) is 12.4 Å². The second-order valence-corrected chi connectivity index (χ2v) is 4.04. The number of aromatic nitrogens is 2. The predicted molar refractivity (Wildman–Crippen MR) is 50.8 cm³/mol. The van der Waals surface area contributed by atoms with Gasteiger partial charge in [-0.15, -0.1) is 0 Å². The van der Waals surface area contributed by atoms with E-state index in [1.165, 1.54) is 0 Å². The lowest BCUT2D eigenvalue weighted by Crippen LogP contribution is -2.16. The predicted octanol–water partition coefficient (Wildman–Crippen LogP) is 1.22. The minimum atomic E-state index is -0.647. The number of carboxylic acids is 1. The van der Waals surface area contributed by atoms with Crippen LogP contribution >= 0.6 is 0 Å². The monoisotopic (exact) mass is 194 g/mol. The van der Waals surface area contributed by atoms with Crippen molar-refractivity contribution in [2.75, 3.05) is 0 Å². The van der Waals surface area contributed by atoms with Gasteiger partial charge in [0, 0.05) is 25.9 Å². The summed E-state index contributed by atoms with van der Waals surface area (Å²) in [5.41, 5.74) is -0.425. The Morgan fingerprint density at radius 2 is 2.43 bits per heavy atom. The first-order chi connectivity index (χ1) is 6.64. The Hall–Kier alpha value is -1.32. The highest BCUT2D eigenvalue weighted by Gasteiger charge is 2.49. The molecule has 0 amide bonds. The van der Waals surface area contributed by atoms with E-state index >= 15 is 0 Å². The number of imidazole rings is 1. The van der Waals surface area contributed by atoms with Crippen LogP contribution < -0.4 is 0 Å². The van der Waals surface area contributed by atoms with Gasteiger partial charge in [-0.2, -0.15) is 0 Å². The fourth-order valence-electron chi connectivity index (χ4n) is 1.71. The SMILES string of the molecule is Cn1ccnc1CCC1(C(=O)O)CC1. The van der Waals surface area contributed by atoms with Crippen molar-refractivity contribution in [1.82, 2.24) is 9.55 Å². The van der Waals surface area contributed by atoms with E-state index in [1.807, 2.05) is 17.8 Å². The Morgan fingerprint density at radius 1 is 1.71 bits per heavy atom. The molecule has 0 radical (unpaired) electrons. The fraction of sp³-hybridized carbons (Fsp3) is 0.600. The van der Waals surface area contributed by atoms with Gasteiger partial charge >= 0.3 is 5.97 Å². The summed E-state index contributed by atoms with van der Waals surface area (Å²) in [6.45, 7) is 0. The van der Waals surface area contributed by atoms with Crippen LogP contribution in [0, 0.1) is 5.41 Å². The van der Waals surface area contributed by atoms with Crippen LogP contribution in [-0.2, 0) is 18.3 Å². The first-order valence-electron chi connectivity index (χ1n) is 4.84. The van der Waals surface area contributed by atoms with E-state index in [0.717, 1.165) is 25.1 Å². The number of carboxylic acid groups (broad SMARTS) is 1. The van der Waals surface area contributed by atoms with Crippen molar-refractivity contribution in [3.63, 3.8) is 0 Å². The highest BCUT2D eigenvalue weighted by atomic mass is 16.4. The molecular weight excluding hydrogens is 180 g/mol. The first kappa shape index (κ1) is 9.24. The molecular formula is C10H14N2O2. The Morgan fingerprint density at radius 3 is 2.86 bits per heavy atom. The molecule has 1 aliphatic rings. The highest BCUT2D eigenvalue weighted by molar-refractivity contribution is 5.77. The molecule has 1 aromatic rings. The summed E-state index contributed by atoms with van der Waals surface area (Å²) < 4.78 is 1.94. The standard InChI is InChI=1S/C10H14N2O2/c1-12-7-6-11-8(12)2-3-10(4-5-10)9(13)14/h6-7H,2-5H2,1H3,(H,13,14). The fourth-order valence-corrected chi connectivity index (χ4v) is 1.71. The summed E-state index contributed by atoms with van der Waals surface area (Å²) in [6, 6.07) is 0. The Balaban J connectivity index is 1.95. The largest absolute Gasteiger partial charge is 0.481 e. The number of aryl methyl sites for hydroxylation is 2. The molecule has 76 valence electrons. The minimum Gasteiger partial charge on any atom is -0.481 e. The van der Waals surface area contributed by atoms with Crippen LogP contribution in [-0.4, -0.2) is 20.6 Å². The number of nitrogens with zero attached hydrogens (tertiary/aromatic N) is 2. The topological polar surface area (TPSA) is 55.1 Å². The molecule has 0 spiro atoms. The van der Waals surface area contributed by atoms with Crippen molar-refractivity contribution in [3.05, 3.63) is 18.2 Å². The molecule has 0 aliphatic heterocycles. The number of hydrogen-bond acceptors (Lipinski definition) is 2. The van der Waals surface area contributed by atoms with E-state index in [-0.39, 0.29) is 0 Å². The molecule has 1 aliphatic carbocycles. The third-order valence-electron chi connectivity index (χ3n) is 3.06. The first-order valence-corrected chi connectivity index (χ1v) is 4.84. The Bertz CT molecular complexity index is 353. The maximum atomic E-state index is 10.9. The lowest BCUT2D eigenvalue weighted by Gasteiger charge is -2.08. The smallest absolute Gasteiger partial charge is 0.309 e. The van der Waals surface area contributed by atoms with E-state index in [4.69, 9.17) is 5.11 Å². The number of rotatable bonds is 4. The van der Waals surface area contributed by atoms with Crippen molar-refractivity contribution >= 4 is 5.97 Å². The summed E-state index contributed by atoms with van der Waals surface area (Å²) >= 11 is 0. The second-order valence-electron chi connectivity index (χ2n) is 4.04. The van der Waals surface area contributed by atoms with Crippen LogP contribution in [0.2, 0.25) is 0 Å². The van der Waals surface area contributed by atoms with Crippen LogP contribution in [0.5, 0.6) is 0 Å². The molecule has 0 bridgehead atoms. The molecule has 4 nitrogen and oxygen atoms in total. The van der Waals surface area contributed by atoms with Gasteiger partial charge in [-0.25, -0.2) is 4.98 Å². The van der Waals surface area contributed by atoms with Gasteiger partial charge in [-0.3, -0.25) is 4.79 Å². The van der Waals surface area contributed by atoms with Gasteiger partial charge in [-0.05, 0) is 19.3 Å². The van der Waals surface area contributed by atoms with Crippen molar-refractivity contribution in [1.29, 1.82) is 0 Å². The quantitative estimate of drug-likeness (QED) is 0.784. The average Bonchev–Trinajstić information content (AvgIpc) is 2.83. The summed E-state index contributed by atoms with van der Waals surface area (Å²) in [5, 5.41) is 8.97. The summed E-state index contributed by atoms with van der Waals surface area (Å²) in [5.74, 6) is 0.323. The van der Waals surface area contributed by atoms with Crippen LogP contribution in [0.25, 0.3) is 0 Å². The second kappa shape index (κ2) is 3.12. The minimum absolute atomic E-state index is 0.425. The molecule has 0 unspecified atom stereocenters. The molecule has 14 heavy (non-hydrogen) atoms. The van der Waals surface area contributed by atoms with Gasteiger partial charge in [0.25, 0.3) is 0 Å². The van der Waals surface area contributed by atoms with E-state index in [0.29, 0.717) is 6.42 Å². The number of aliphatic carboxylic acids is 1. The average molecular weight is 194 g/mol. The summed E-state index contributed by atoms with van der Waals surface area (Å²) in [6.07, 6.45) is 6.76. The molecule has 1 saturated carbocycles. The molecule has 1 heterocycles. The van der Waals surface area contributed by atoms with Gasteiger partial charge in [0.1, 0.15) is 5.82 Å². The van der Waals surface area contributed by atoms with Gasteiger partial charge in [-0.1, -0.05) is 0 Å². The molecule has 2 rings (SSSR count). The third kappa shape index (κ3) is 1.52. The normalized spacial score (nSPS) is 18.1. The molecule has 0 saturated heterocycles. The zero-order valence-electron chi connectivity index (χ0n) is 8.23.